The van der Waals surface area contributed by atoms with Crippen molar-refractivity contribution in [2.45, 2.75) is 26.7 Å². The normalized spacial score (nSPS) is 10.2. The molecule has 1 aromatic rings. The topological polar surface area (TPSA) is 64.4 Å². The van der Waals surface area contributed by atoms with Gasteiger partial charge in [-0.25, -0.2) is 5.48 Å². The predicted molar refractivity (Wildman–Crippen MR) is 49.4 cm³/mol. The molecule has 0 saturated heterocycles. The second kappa shape index (κ2) is 4.76. The van der Waals surface area contributed by atoms with Crippen LogP contribution in [0.5, 0.6) is 0 Å². The third-order valence-corrected chi connectivity index (χ3v) is 2.00. The van der Waals surface area contributed by atoms with E-state index in [0.29, 0.717) is 12.8 Å². The molecule has 1 rings (SSSR count). The summed E-state index contributed by atoms with van der Waals surface area (Å²) in [5.41, 5.74) is 4.09. The molecule has 5 heteroatoms. The summed E-state index contributed by atoms with van der Waals surface area (Å²) in [5.74, 6) is 0.625. The summed E-state index contributed by atoms with van der Waals surface area (Å²) in [5, 5.41) is 3.80. The van der Waals surface area contributed by atoms with E-state index in [1.807, 2.05) is 13.8 Å². The minimum atomic E-state index is -0.146. The average Bonchev–Trinajstić information content (AvgIpc) is 2.44. The van der Waals surface area contributed by atoms with Crippen molar-refractivity contribution in [3.63, 3.8) is 0 Å². The van der Waals surface area contributed by atoms with Crippen LogP contribution in [0.15, 0.2) is 4.52 Å². The lowest BCUT2D eigenvalue weighted by atomic mass is 10.1. The zero-order valence-corrected chi connectivity index (χ0v) is 8.59. The summed E-state index contributed by atoms with van der Waals surface area (Å²) in [4.78, 5) is 15.6. The van der Waals surface area contributed by atoms with Crippen molar-refractivity contribution in [3.8, 4) is 0 Å². The second-order valence-corrected chi connectivity index (χ2v) is 3.03. The monoisotopic (exact) mass is 198 g/mol. The summed E-state index contributed by atoms with van der Waals surface area (Å²) in [6.45, 7) is 3.70. The van der Waals surface area contributed by atoms with Gasteiger partial charge < -0.3 is 4.52 Å². The van der Waals surface area contributed by atoms with Gasteiger partial charge in [-0.05, 0) is 20.3 Å². The van der Waals surface area contributed by atoms with E-state index in [4.69, 9.17) is 4.52 Å². The number of carbonyl (C=O) groups excluding carboxylic acids is 1. The highest BCUT2D eigenvalue weighted by molar-refractivity contribution is 5.75. The van der Waals surface area contributed by atoms with Crippen LogP contribution in [-0.2, 0) is 16.1 Å². The number of nitrogens with one attached hydrogen (secondary N) is 1. The number of amides is 1. The Balaban J connectivity index is 2.49. The van der Waals surface area contributed by atoms with E-state index in [1.54, 1.807) is 0 Å². The van der Waals surface area contributed by atoms with Crippen LogP contribution in [0.25, 0.3) is 0 Å². The van der Waals surface area contributed by atoms with Crippen LogP contribution in [0.4, 0.5) is 0 Å². The minimum absolute atomic E-state index is 0.146. The van der Waals surface area contributed by atoms with Crippen LogP contribution in [-0.4, -0.2) is 18.2 Å². The van der Waals surface area contributed by atoms with Crippen molar-refractivity contribution in [2.75, 3.05) is 7.11 Å². The summed E-state index contributed by atoms with van der Waals surface area (Å²) < 4.78 is 4.97. The number of hydroxylamine groups is 1. The zero-order valence-electron chi connectivity index (χ0n) is 8.59. The van der Waals surface area contributed by atoms with Gasteiger partial charge in [-0.1, -0.05) is 5.16 Å². The van der Waals surface area contributed by atoms with Crippen molar-refractivity contribution in [2.24, 2.45) is 0 Å². The fraction of sp³-hybridized carbons (Fsp3) is 0.556. The quantitative estimate of drug-likeness (QED) is 0.730. The van der Waals surface area contributed by atoms with Gasteiger partial charge in [-0.15, -0.1) is 0 Å². The van der Waals surface area contributed by atoms with Crippen molar-refractivity contribution in [3.05, 3.63) is 17.0 Å². The first-order chi connectivity index (χ1) is 6.65. The third-order valence-electron chi connectivity index (χ3n) is 2.00. The van der Waals surface area contributed by atoms with Gasteiger partial charge in [0.25, 0.3) is 0 Å². The Bertz CT molecular complexity index is 300. The van der Waals surface area contributed by atoms with E-state index < -0.39 is 0 Å². The minimum Gasteiger partial charge on any atom is -0.361 e. The first-order valence-corrected chi connectivity index (χ1v) is 4.38. The summed E-state index contributed by atoms with van der Waals surface area (Å²) in [7, 11) is 1.41. The Morgan fingerprint density at radius 2 is 2.29 bits per heavy atom. The lowest BCUT2D eigenvalue weighted by molar-refractivity contribution is -0.131. The van der Waals surface area contributed by atoms with Crippen LogP contribution in [0.1, 0.15) is 23.4 Å². The molecule has 0 spiro atoms. The van der Waals surface area contributed by atoms with Crippen molar-refractivity contribution < 1.29 is 14.2 Å². The van der Waals surface area contributed by atoms with Gasteiger partial charge in [0, 0.05) is 12.0 Å². The summed E-state index contributed by atoms with van der Waals surface area (Å²) in [6, 6.07) is 0. The van der Waals surface area contributed by atoms with Gasteiger partial charge in [0.2, 0.25) is 5.91 Å². The van der Waals surface area contributed by atoms with Gasteiger partial charge in [0.1, 0.15) is 5.76 Å². The second-order valence-electron chi connectivity index (χ2n) is 3.03. The molecule has 0 aromatic carbocycles. The van der Waals surface area contributed by atoms with Crippen LogP contribution < -0.4 is 5.48 Å². The van der Waals surface area contributed by atoms with Crippen LogP contribution in [0, 0.1) is 13.8 Å². The van der Waals surface area contributed by atoms with Crippen LogP contribution >= 0.6 is 0 Å². The lowest BCUT2D eigenvalue weighted by Gasteiger charge is -2.01. The molecule has 0 aliphatic heterocycles. The summed E-state index contributed by atoms with van der Waals surface area (Å²) >= 11 is 0. The van der Waals surface area contributed by atoms with Gasteiger partial charge in [0.05, 0.1) is 12.8 Å². The lowest BCUT2D eigenvalue weighted by Crippen LogP contribution is -2.22. The molecule has 1 amide bonds. The Morgan fingerprint density at radius 3 is 2.79 bits per heavy atom. The zero-order chi connectivity index (χ0) is 10.6. The van der Waals surface area contributed by atoms with E-state index in [-0.39, 0.29) is 5.91 Å². The first-order valence-electron chi connectivity index (χ1n) is 4.38. The fourth-order valence-corrected chi connectivity index (χ4v) is 1.26. The molecule has 1 N–H and O–H groups in total. The summed E-state index contributed by atoms with van der Waals surface area (Å²) in [6.07, 6.45) is 0.993. The predicted octanol–water partition coefficient (Wildman–Crippen LogP) is 0.902. The number of nitrogens with zero attached hydrogens (tertiary/aromatic N) is 1. The highest BCUT2D eigenvalue weighted by Crippen LogP contribution is 2.13. The number of hydrogen-bond donors (Lipinski definition) is 1. The van der Waals surface area contributed by atoms with Gasteiger partial charge >= 0.3 is 0 Å². The Kier molecular flexibility index (Phi) is 3.64. The molecule has 0 fully saturated rings. The Hall–Kier alpha value is -1.36. The number of rotatable bonds is 4. The number of aromatic nitrogens is 1. The fourth-order valence-electron chi connectivity index (χ4n) is 1.26. The van der Waals surface area contributed by atoms with E-state index >= 15 is 0 Å². The standard InChI is InChI=1S/C9H14N2O3/c1-6-8(7(2)14-10-6)4-5-9(12)11-13-3/h4-5H2,1-3H3,(H,11,12). The van der Waals surface area contributed by atoms with E-state index in [9.17, 15) is 4.79 Å². The number of carbonyl (C=O) groups is 1. The molecule has 1 heterocycles. The van der Waals surface area contributed by atoms with Gasteiger partial charge in [0.15, 0.2) is 0 Å². The Morgan fingerprint density at radius 1 is 1.57 bits per heavy atom. The molecule has 0 aliphatic carbocycles. The SMILES string of the molecule is CONC(=O)CCc1c(C)noc1C. The number of hydrogen-bond acceptors (Lipinski definition) is 4. The molecular weight excluding hydrogens is 184 g/mol. The van der Waals surface area contributed by atoms with Crippen molar-refractivity contribution >= 4 is 5.91 Å². The maximum Gasteiger partial charge on any atom is 0.243 e. The molecule has 1 aromatic heterocycles. The van der Waals surface area contributed by atoms with Gasteiger partial charge in [-0.2, -0.15) is 0 Å². The molecule has 0 atom stereocenters. The third kappa shape index (κ3) is 2.56. The van der Waals surface area contributed by atoms with Crippen LogP contribution in [0.3, 0.4) is 0 Å². The smallest absolute Gasteiger partial charge is 0.243 e. The molecule has 14 heavy (non-hydrogen) atoms. The first kappa shape index (κ1) is 10.7. The van der Waals surface area contributed by atoms with E-state index in [0.717, 1.165) is 17.0 Å². The molecule has 0 aliphatic rings. The largest absolute Gasteiger partial charge is 0.361 e. The molecule has 0 saturated carbocycles. The Labute approximate surface area is 82.4 Å². The number of aryl methyl sites for hydroxylation is 2. The van der Waals surface area contributed by atoms with E-state index in [2.05, 4.69) is 15.5 Å². The van der Waals surface area contributed by atoms with Crippen molar-refractivity contribution in [1.29, 1.82) is 0 Å². The molecule has 0 bridgehead atoms. The van der Waals surface area contributed by atoms with Crippen LogP contribution in [0.2, 0.25) is 0 Å². The highest BCUT2D eigenvalue weighted by Gasteiger charge is 2.10. The van der Waals surface area contributed by atoms with Crippen molar-refractivity contribution in [1.82, 2.24) is 10.6 Å². The van der Waals surface area contributed by atoms with Gasteiger partial charge in [-0.3, -0.25) is 9.63 Å². The molecule has 0 unspecified atom stereocenters. The molecule has 5 nitrogen and oxygen atoms in total. The molecular formula is C9H14N2O3. The average molecular weight is 198 g/mol. The maximum atomic E-state index is 11.1. The maximum absolute atomic E-state index is 11.1. The molecule has 0 radical (unpaired) electrons. The molecule has 78 valence electrons. The highest BCUT2D eigenvalue weighted by atomic mass is 16.6. The van der Waals surface area contributed by atoms with E-state index in [1.165, 1.54) is 7.11 Å².